The van der Waals surface area contributed by atoms with Crippen LogP contribution in [0.2, 0.25) is 0 Å². The van der Waals surface area contributed by atoms with Crippen LogP contribution in [0.5, 0.6) is 0 Å². The van der Waals surface area contributed by atoms with E-state index in [1.165, 1.54) is 11.9 Å². The summed E-state index contributed by atoms with van der Waals surface area (Å²) in [7, 11) is 1.49. The van der Waals surface area contributed by atoms with Gasteiger partial charge in [-0.3, -0.25) is 4.90 Å². The number of hydrogen-bond donors (Lipinski definition) is 1. The van der Waals surface area contributed by atoms with Gasteiger partial charge in [-0.15, -0.1) is 0 Å². The Morgan fingerprint density at radius 3 is 2.00 bits per heavy atom. The first-order chi connectivity index (χ1) is 9.54. The summed E-state index contributed by atoms with van der Waals surface area (Å²) >= 11 is 0. The minimum atomic E-state index is -1.23. The maximum absolute atomic E-state index is 12.1. The van der Waals surface area contributed by atoms with Gasteiger partial charge < -0.3 is 9.84 Å². The van der Waals surface area contributed by atoms with Gasteiger partial charge in [0.1, 0.15) is 11.1 Å². The third kappa shape index (κ3) is 6.82. The third-order valence-corrected chi connectivity index (χ3v) is 3.64. The van der Waals surface area contributed by atoms with E-state index in [1.807, 2.05) is 0 Å². The molecule has 0 radical (unpaired) electrons. The Labute approximate surface area is 128 Å². The molecule has 21 heavy (non-hydrogen) atoms. The quantitative estimate of drug-likeness (QED) is 0.687. The van der Waals surface area contributed by atoms with Crippen molar-refractivity contribution in [3.63, 3.8) is 0 Å². The van der Waals surface area contributed by atoms with Crippen LogP contribution in [0.15, 0.2) is 0 Å². The Morgan fingerprint density at radius 1 is 1.05 bits per heavy atom. The van der Waals surface area contributed by atoms with Crippen LogP contribution in [0, 0.1) is 0 Å². The summed E-state index contributed by atoms with van der Waals surface area (Å²) in [5, 5.41) is 9.50. The number of unbranched alkanes of at least 4 members (excludes halogenated alkanes) is 4. The van der Waals surface area contributed by atoms with Crippen LogP contribution in [0.1, 0.15) is 73.1 Å². The highest BCUT2D eigenvalue weighted by Crippen LogP contribution is 2.24. The second-order valence-electron chi connectivity index (χ2n) is 6.78. The lowest BCUT2D eigenvalue weighted by Crippen LogP contribution is -2.54. The summed E-state index contributed by atoms with van der Waals surface area (Å²) in [5.74, 6) is -0.994. The number of carboxylic acid groups (broad SMARTS) is 1. The third-order valence-electron chi connectivity index (χ3n) is 3.64. The summed E-state index contributed by atoms with van der Waals surface area (Å²) < 4.78 is 5.26. The van der Waals surface area contributed by atoms with Crippen LogP contribution in [-0.4, -0.2) is 40.3 Å². The van der Waals surface area contributed by atoms with Gasteiger partial charge in [-0.05, 0) is 34.1 Å². The van der Waals surface area contributed by atoms with E-state index in [1.54, 1.807) is 27.7 Å². The number of carbonyl (C=O) groups excluding carboxylic acids is 1. The van der Waals surface area contributed by atoms with Crippen molar-refractivity contribution in [2.24, 2.45) is 0 Å². The van der Waals surface area contributed by atoms with Gasteiger partial charge in [0, 0.05) is 7.05 Å². The number of carbonyl (C=O) groups is 2. The lowest BCUT2D eigenvalue weighted by Gasteiger charge is -2.36. The molecule has 0 saturated heterocycles. The first-order valence-electron chi connectivity index (χ1n) is 7.75. The van der Waals surface area contributed by atoms with Crippen molar-refractivity contribution < 1.29 is 19.4 Å². The molecular formula is C16H31NO4. The number of amides is 1. The molecule has 1 atom stereocenters. The van der Waals surface area contributed by atoms with Gasteiger partial charge in [0.15, 0.2) is 0 Å². The molecule has 1 amide bonds. The molecule has 124 valence electrons. The Morgan fingerprint density at radius 2 is 1.57 bits per heavy atom. The summed E-state index contributed by atoms with van der Waals surface area (Å²) in [5.41, 5.74) is -1.86. The summed E-state index contributed by atoms with van der Waals surface area (Å²) in [6.07, 6.45) is 5.01. The van der Waals surface area contributed by atoms with Crippen molar-refractivity contribution in [1.82, 2.24) is 4.90 Å². The predicted octanol–water partition coefficient (Wildman–Crippen LogP) is 4.06. The molecule has 0 aromatic carbocycles. The molecule has 0 aromatic heterocycles. The minimum absolute atomic E-state index is 0.432. The van der Waals surface area contributed by atoms with Gasteiger partial charge in [-0.2, -0.15) is 0 Å². The van der Waals surface area contributed by atoms with Crippen LogP contribution in [0.25, 0.3) is 0 Å². The average Bonchev–Trinajstić information content (AvgIpc) is 2.35. The second-order valence-corrected chi connectivity index (χ2v) is 6.78. The zero-order valence-corrected chi connectivity index (χ0v) is 14.4. The molecule has 1 N–H and O–H groups in total. The van der Waals surface area contributed by atoms with E-state index in [0.717, 1.165) is 32.1 Å². The smallest absolute Gasteiger partial charge is 0.410 e. The standard InChI is InChI=1S/C16H31NO4/c1-7-8-9-10-11-12-16(5,13(18)19)17(6)14(20)21-15(2,3)4/h7-12H2,1-6H3,(H,18,19). The van der Waals surface area contributed by atoms with E-state index in [4.69, 9.17) is 4.74 Å². The molecule has 0 saturated carbocycles. The zero-order valence-electron chi connectivity index (χ0n) is 14.4. The normalized spacial score (nSPS) is 14.4. The van der Waals surface area contributed by atoms with Crippen LogP contribution < -0.4 is 0 Å². The molecule has 0 rings (SSSR count). The van der Waals surface area contributed by atoms with Crippen molar-refractivity contribution in [3.05, 3.63) is 0 Å². The van der Waals surface area contributed by atoms with E-state index in [0.29, 0.717) is 6.42 Å². The molecule has 0 spiro atoms. The zero-order chi connectivity index (χ0) is 16.7. The van der Waals surface area contributed by atoms with E-state index in [2.05, 4.69) is 6.92 Å². The largest absolute Gasteiger partial charge is 0.480 e. The van der Waals surface area contributed by atoms with Crippen molar-refractivity contribution >= 4 is 12.1 Å². The molecule has 5 heteroatoms. The molecule has 0 aromatic rings. The number of nitrogens with zero attached hydrogens (tertiary/aromatic N) is 1. The molecular weight excluding hydrogens is 270 g/mol. The van der Waals surface area contributed by atoms with Crippen LogP contribution in [-0.2, 0) is 9.53 Å². The van der Waals surface area contributed by atoms with Gasteiger partial charge in [0.2, 0.25) is 0 Å². The van der Waals surface area contributed by atoms with Crippen molar-refractivity contribution in [2.45, 2.75) is 84.3 Å². The van der Waals surface area contributed by atoms with Crippen LogP contribution in [0.4, 0.5) is 4.79 Å². The highest BCUT2D eigenvalue weighted by Gasteiger charge is 2.41. The van der Waals surface area contributed by atoms with Crippen LogP contribution >= 0.6 is 0 Å². The molecule has 0 aliphatic rings. The number of hydrogen-bond acceptors (Lipinski definition) is 3. The van der Waals surface area contributed by atoms with Crippen LogP contribution in [0.3, 0.4) is 0 Å². The first-order valence-corrected chi connectivity index (χ1v) is 7.75. The highest BCUT2D eigenvalue weighted by molar-refractivity contribution is 5.83. The number of ether oxygens (including phenoxy) is 1. The van der Waals surface area contributed by atoms with Crippen molar-refractivity contribution in [2.75, 3.05) is 7.05 Å². The predicted molar refractivity (Wildman–Crippen MR) is 83.4 cm³/mol. The van der Waals surface area contributed by atoms with Gasteiger partial charge in [0.05, 0.1) is 0 Å². The van der Waals surface area contributed by atoms with Gasteiger partial charge >= 0.3 is 12.1 Å². The Kier molecular flexibility index (Phi) is 7.75. The maximum Gasteiger partial charge on any atom is 0.410 e. The first kappa shape index (κ1) is 19.7. The maximum atomic E-state index is 12.1. The lowest BCUT2D eigenvalue weighted by atomic mass is 9.92. The summed E-state index contributed by atoms with van der Waals surface area (Å²) in [4.78, 5) is 24.9. The monoisotopic (exact) mass is 301 g/mol. The van der Waals surface area contributed by atoms with Gasteiger partial charge in [0.25, 0.3) is 0 Å². The minimum Gasteiger partial charge on any atom is -0.480 e. The van der Waals surface area contributed by atoms with E-state index in [9.17, 15) is 14.7 Å². The fourth-order valence-electron chi connectivity index (χ4n) is 2.02. The summed E-state index contributed by atoms with van der Waals surface area (Å²) in [6.45, 7) is 9.02. The molecule has 0 aliphatic heterocycles. The second kappa shape index (κ2) is 8.25. The average molecular weight is 301 g/mol. The van der Waals surface area contributed by atoms with E-state index in [-0.39, 0.29) is 0 Å². The highest BCUT2D eigenvalue weighted by atomic mass is 16.6. The number of carboxylic acids is 1. The van der Waals surface area contributed by atoms with E-state index < -0.39 is 23.2 Å². The molecule has 1 unspecified atom stereocenters. The fourth-order valence-corrected chi connectivity index (χ4v) is 2.02. The van der Waals surface area contributed by atoms with Crippen molar-refractivity contribution in [1.29, 1.82) is 0 Å². The molecule has 0 aliphatic carbocycles. The molecule has 0 fully saturated rings. The van der Waals surface area contributed by atoms with Crippen molar-refractivity contribution in [3.8, 4) is 0 Å². The number of aliphatic carboxylic acids is 1. The molecule has 0 heterocycles. The molecule has 0 bridgehead atoms. The van der Waals surface area contributed by atoms with Gasteiger partial charge in [-0.1, -0.05) is 39.0 Å². The topological polar surface area (TPSA) is 66.8 Å². The summed E-state index contributed by atoms with van der Waals surface area (Å²) in [6, 6.07) is 0. The fraction of sp³-hybridized carbons (Fsp3) is 0.875. The lowest BCUT2D eigenvalue weighted by molar-refractivity contribution is -0.149. The number of likely N-dealkylation sites (N-methyl/N-ethyl adjacent to an activating group) is 1. The molecule has 5 nitrogen and oxygen atoms in total. The number of rotatable bonds is 8. The Balaban J connectivity index is 4.69. The Bertz CT molecular complexity index is 349. The Hall–Kier alpha value is -1.26. The SMILES string of the molecule is CCCCCCCC(C)(C(=O)O)N(C)C(=O)OC(C)(C)C. The van der Waals surface area contributed by atoms with E-state index >= 15 is 0 Å². The van der Waals surface area contributed by atoms with Gasteiger partial charge in [-0.25, -0.2) is 9.59 Å².